The van der Waals surface area contributed by atoms with Crippen molar-refractivity contribution in [3.05, 3.63) is 35.9 Å². The number of benzene rings is 1. The summed E-state index contributed by atoms with van der Waals surface area (Å²) in [6, 6.07) is 9.06. The molecule has 0 spiro atoms. The van der Waals surface area contributed by atoms with E-state index in [2.05, 4.69) is 5.32 Å². The number of rotatable bonds is 7. The predicted octanol–water partition coefficient (Wildman–Crippen LogP) is 2.73. The summed E-state index contributed by atoms with van der Waals surface area (Å²) in [5.74, 6) is -0.0726. The lowest BCUT2D eigenvalue weighted by Crippen LogP contribution is -2.46. The number of alkyl carbamates (subject to hydrolysis) is 1. The Kier molecular flexibility index (Phi) is 7.05. The molecule has 1 aromatic carbocycles. The van der Waals surface area contributed by atoms with Gasteiger partial charge in [0.1, 0.15) is 11.6 Å². The molecule has 5 heteroatoms. The van der Waals surface area contributed by atoms with E-state index in [1.54, 1.807) is 20.8 Å². The Morgan fingerprint density at radius 1 is 1.18 bits per heavy atom. The first-order valence-corrected chi connectivity index (χ1v) is 7.37. The van der Waals surface area contributed by atoms with Gasteiger partial charge >= 0.3 is 6.09 Å². The van der Waals surface area contributed by atoms with Crippen LogP contribution in [0.4, 0.5) is 4.79 Å². The molecule has 1 rings (SSSR count). The van der Waals surface area contributed by atoms with Crippen molar-refractivity contribution in [2.45, 2.75) is 45.3 Å². The molecule has 0 saturated heterocycles. The molecule has 0 unspecified atom stereocenters. The van der Waals surface area contributed by atoms with Crippen LogP contribution in [0.2, 0.25) is 0 Å². The Bertz CT molecular complexity index is 479. The van der Waals surface area contributed by atoms with Gasteiger partial charge < -0.3 is 14.8 Å². The van der Waals surface area contributed by atoms with Gasteiger partial charge in [-0.25, -0.2) is 4.79 Å². The van der Waals surface area contributed by atoms with Gasteiger partial charge in [0.25, 0.3) is 0 Å². The Labute approximate surface area is 132 Å². The molecule has 0 aliphatic carbocycles. The lowest BCUT2D eigenvalue weighted by molar-refractivity contribution is -0.122. The molecule has 1 atom stereocenters. The molecule has 0 bridgehead atoms. The highest BCUT2D eigenvalue weighted by Gasteiger charge is 2.23. The van der Waals surface area contributed by atoms with Crippen molar-refractivity contribution in [1.82, 2.24) is 5.32 Å². The number of ether oxygens (including phenoxy) is 2. The molecule has 0 aliphatic rings. The highest BCUT2D eigenvalue weighted by molar-refractivity contribution is 5.87. The highest BCUT2D eigenvalue weighted by Crippen LogP contribution is 2.08. The van der Waals surface area contributed by atoms with Gasteiger partial charge in [0.05, 0.1) is 6.61 Å². The molecule has 0 fully saturated rings. The van der Waals surface area contributed by atoms with Crippen LogP contribution in [-0.2, 0) is 20.7 Å². The van der Waals surface area contributed by atoms with Crippen molar-refractivity contribution in [1.29, 1.82) is 0 Å². The van der Waals surface area contributed by atoms with Gasteiger partial charge in [-0.3, -0.25) is 4.79 Å². The molecule has 5 nitrogen and oxygen atoms in total. The molecular weight excluding hydrogens is 282 g/mol. The van der Waals surface area contributed by atoms with Crippen LogP contribution in [0.1, 0.15) is 32.8 Å². The van der Waals surface area contributed by atoms with Crippen molar-refractivity contribution in [2.24, 2.45) is 0 Å². The number of carbonyl (C=O) groups is 2. The zero-order chi connectivity index (χ0) is 16.6. The van der Waals surface area contributed by atoms with Crippen LogP contribution >= 0.6 is 0 Å². The first-order valence-electron chi connectivity index (χ1n) is 7.37. The Balaban J connectivity index is 2.54. The van der Waals surface area contributed by atoms with Crippen LogP contribution in [0.15, 0.2) is 30.3 Å². The largest absolute Gasteiger partial charge is 0.444 e. The lowest BCUT2D eigenvalue weighted by Gasteiger charge is -2.22. The van der Waals surface area contributed by atoms with Crippen molar-refractivity contribution < 1.29 is 19.1 Å². The molecule has 122 valence electrons. The van der Waals surface area contributed by atoms with Gasteiger partial charge in [-0.2, -0.15) is 0 Å². The number of methoxy groups -OCH3 is 1. The van der Waals surface area contributed by atoms with Crippen molar-refractivity contribution >= 4 is 11.9 Å². The second kappa shape index (κ2) is 8.54. The molecule has 0 radical (unpaired) electrons. The smallest absolute Gasteiger partial charge is 0.408 e. The standard InChI is InChI=1S/C17H25NO4/c1-17(2,3)22-16(20)18-14(12-21-4)15(19)11-10-13-8-6-5-7-9-13/h5-9,14H,10-12H2,1-4H3,(H,18,20)/t14-/m1/s1. The Morgan fingerprint density at radius 2 is 1.82 bits per heavy atom. The van der Waals surface area contributed by atoms with Crippen LogP contribution < -0.4 is 5.32 Å². The van der Waals surface area contributed by atoms with E-state index < -0.39 is 17.7 Å². The van der Waals surface area contributed by atoms with E-state index in [1.807, 2.05) is 30.3 Å². The number of carbonyl (C=O) groups excluding carboxylic acids is 2. The number of hydrogen-bond donors (Lipinski definition) is 1. The summed E-state index contributed by atoms with van der Waals surface area (Å²) < 4.78 is 10.2. The minimum absolute atomic E-state index is 0.0726. The third kappa shape index (κ3) is 7.22. The van der Waals surface area contributed by atoms with Gasteiger partial charge in [0.2, 0.25) is 0 Å². The maximum Gasteiger partial charge on any atom is 0.408 e. The third-order valence-corrected chi connectivity index (χ3v) is 2.92. The van der Waals surface area contributed by atoms with E-state index in [0.717, 1.165) is 5.56 Å². The minimum Gasteiger partial charge on any atom is -0.444 e. The molecule has 0 heterocycles. The number of ketones is 1. The number of Topliss-reactive ketones (excluding diaryl/α,β-unsaturated/α-hetero) is 1. The zero-order valence-electron chi connectivity index (χ0n) is 13.7. The van der Waals surface area contributed by atoms with Crippen LogP contribution in [0.3, 0.4) is 0 Å². The summed E-state index contributed by atoms with van der Waals surface area (Å²) in [5.41, 5.74) is 0.485. The summed E-state index contributed by atoms with van der Waals surface area (Å²) in [6.45, 7) is 5.45. The molecule has 1 aromatic rings. The molecule has 0 aromatic heterocycles. The minimum atomic E-state index is -0.691. The zero-order valence-corrected chi connectivity index (χ0v) is 13.7. The maximum atomic E-state index is 12.3. The van der Waals surface area contributed by atoms with Crippen LogP contribution in [-0.4, -0.2) is 37.2 Å². The van der Waals surface area contributed by atoms with Gasteiger partial charge in [0, 0.05) is 13.5 Å². The average Bonchev–Trinajstić information content (AvgIpc) is 2.43. The lowest BCUT2D eigenvalue weighted by atomic mass is 10.0. The Morgan fingerprint density at radius 3 is 2.36 bits per heavy atom. The van der Waals surface area contributed by atoms with E-state index in [9.17, 15) is 9.59 Å². The number of nitrogens with one attached hydrogen (secondary N) is 1. The molecular formula is C17H25NO4. The fraction of sp³-hybridized carbons (Fsp3) is 0.529. The number of hydrogen-bond acceptors (Lipinski definition) is 4. The first-order chi connectivity index (χ1) is 10.3. The SMILES string of the molecule is COC[C@@H](NC(=O)OC(C)(C)C)C(=O)CCc1ccccc1. The monoisotopic (exact) mass is 307 g/mol. The second-order valence-electron chi connectivity index (χ2n) is 6.11. The molecule has 1 N–H and O–H groups in total. The first kappa shape index (κ1) is 18.2. The van der Waals surface area contributed by atoms with Crippen LogP contribution in [0.25, 0.3) is 0 Å². The molecule has 1 amide bonds. The molecule has 0 saturated carbocycles. The number of aryl methyl sites for hydroxylation is 1. The van der Waals surface area contributed by atoms with Crippen molar-refractivity contribution in [3.63, 3.8) is 0 Å². The summed E-state index contributed by atoms with van der Waals surface area (Å²) >= 11 is 0. The topological polar surface area (TPSA) is 64.6 Å². The van der Waals surface area contributed by atoms with E-state index >= 15 is 0 Å². The van der Waals surface area contributed by atoms with Crippen LogP contribution in [0, 0.1) is 0 Å². The summed E-state index contributed by atoms with van der Waals surface area (Å²) in [7, 11) is 1.49. The number of amides is 1. The van der Waals surface area contributed by atoms with Crippen LogP contribution in [0.5, 0.6) is 0 Å². The highest BCUT2D eigenvalue weighted by atomic mass is 16.6. The van der Waals surface area contributed by atoms with E-state index in [-0.39, 0.29) is 12.4 Å². The van der Waals surface area contributed by atoms with Crippen molar-refractivity contribution in [3.8, 4) is 0 Å². The third-order valence-electron chi connectivity index (χ3n) is 2.92. The maximum absolute atomic E-state index is 12.3. The quantitative estimate of drug-likeness (QED) is 0.841. The summed E-state index contributed by atoms with van der Waals surface area (Å²) in [5, 5.41) is 2.57. The Hall–Kier alpha value is -1.88. The van der Waals surface area contributed by atoms with Crippen molar-refractivity contribution in [2.75, 3.05) is 13.7 Å². The average molecular weight is 307 g/mol. The summed E-state index contributed by atoms with van der Waals surface area (Å²) in [6.07, 6.45) is 0.367. The second-order valence-corrected chi connectivity index (χ2v) is 6.11. The normalized spacial score (nSPS) is 12.5. The fourth-order valence-corrected chi connectivity index (χ4v) is 1.92. The van der Waals surface area contributed by atoms with Gasteiger partial charge in [-0.05, 0) is 32.8 Å². The fourth-order valence-electron chi connectivity index (χ4n) is 1.92. The van der Waals surface area contributed by atoms with E-state index in [1.165, 1.54) is 7.11 Å². The van der Waals surface area contributed by atoms with E-state index in [0.29, 0.717) is 12.8 Å². The van der Waals surface area contributed by atoms with Gasteiger partial charge in [-0.15, -0.1) is 0 Å². The molecule has 22 heavy (non-hydrogen) atoms. The van der Waals surface area contributed by atoms with Gasteiger partial charge in [-0.1, -0.05) is 30.3 Å². The summed E-state index contributed by atoms with van der Waals surface area (Å²) in [4.78, 5) is 24.0. The molecule has 0 aliphatic heterocycles. The van der Waals surface area contributed by atoms with Gasteiger partial charge in [0.15, 0.2) is 5.78 Å². The van der Waals surface area contributed by atoms with E-state index in [4.69, 9.17) is 9.47 Å². The predicted molar refractivity (Wildman–Crippen MR) is 84.8 cm³/mol.